The zero-order chi connectivity index (χ0) is 17.1. The van der Waals surface area contributed by atoms with Gasteiger partial charge in [0.05, 0.1) is 5.56 Å². The van der Waals surface area contributed by atoms with Gasteiger partial charge in [0, 0.05) is 11.7 Å². The number of ether oxygens (including phenoxy) is 1. The van der Waals surface area contributed by atoms with Crippen LogP contribution in [0.4, 0.5) is 5.69 Å². The quantitative estimate of drug-likeness (QED) is 0.881. The van der Waals surface area contributed by atoms with Crippen LogP contribution in [-0.2, 0) is 16.0 Å². The van der Waals surface area contributed by atoms with E-state index in [-0.39, 0.29) is 29.9 Å². The van der Waals surface area contributed by atoms with Crippen molar-refractivity contribution < 1.29 is 19.4 Å². The number of carbonyl (C=O) groups excluding carboxylic acids is 2. The van der Waals surface area contributed by atoms with Gasteiger partial charge in [0.2, 0.25) is 0 Å². The summed E-state index contributed by atoms with van der Waals surface area (Å²) in [6.07, 6.45) is 1.81. The molecule has 1 amide bonds. The van der Waals surface area contributed by atoms with E-state index in [4.69, 9.17) is 4.74 Å². The van der Waals surface area contributed by atoms with Crippen LogP contribution in [0.5, 0.6) is 5.75 Å². The standard InChI is InChI=1S/C19H19NO4/c1-13-9-10-14-5-2-3-8-17(14)20(13)18(22)12-24-19(23)15-6-4-7-16(21)11-15/h2-8,11,13,21H,9-10,12H2,1H3. The molecule has 2 aromatic rings. The van der Waals surface area contributed by atoms with Crippen molar-refractivity contribution in [3.63, 3.8) is 0 Å². The van der Waals surface area contributed by atoms with Crippen molar-refractivity contribution in [2.24, 2.45) is 0 Å². The number of aromatic hydroxyl groups is 1. The molecular weight excluding hydrogens is 306 g/mol. The van der Waals surface area contributed by atoms with E-state index < -0.39 is 5.97 Å². The Morgan fingerprint density at radius 1 is 1.21 bits per heavy atom. The highest BCUT2D eigenvalue weighted by molar-refractivity contribution is 5.98. The fourth-order valence-corrected chi connectivity index (χ4v) is 2.98. The number of anilines is 1. The Kier molecular flexibility index (Phi) is 4.51. The fourth-order valence-electron chi connectivity index (χ4n) is 2.98. The summed E-state index contributed by atoms with van der Waals surface area (Å²) < 4.78 is 5.12. The van der Waals surface area contributed by atoms with Gasteiger partial charge in [-0.3, -0.25) is 4.79 Å². The molecule has 0 radical (unpaired) electrons. The van der Waals surface area contributed by atoms with Gasteiger partial charge in [0.15, 0.2) is 6.61 Å². The number of benzene rings is 2. The topological polar surface area (TPSA) is 66.8 Å². The molecule has 1 unspecified atom stereocenters. The Hall–Kier alpha value is -2.82. The predicted molar refractivity (Wildman–Crippen MR) is 90.1 cm³/mol. The summed E-state index contributed by atoms with van der Waals surface area (Å²) in [5.41, 5.74) is 2.23. The Morgan fingerprint density at radius 3 is 2.79 bits per heavy atom. The van der Waals surface area contributed by atoms with E-state index in [1.54, 1.807) is 11.0 Å². The van der Waals surface area contributed by atoms with Crippen molar-refractivity contribution in [1.29, 1.82) is 0 Å². The van der Waals surface area contributed by atoms with Crippen molar-refractivity contribution in [3.8, 4) is 5.75 Å². The highest BCUT2D eigenvalue weighted by Gasteiger charge is 2.28. The summed E-state index contributed by atoms with van der Waals surface area (Å²) >= 11 is 0. The van der Waals surface area contributed by atoms with E-state index in [1.165, 1.54) is 18.2 Å². The molecule has 1 aliphatic rings. The molecule has 0 aromatic heterocycles. The monoisotopic (exact) mass is 325 g/mol. The van der Waals surface area contributed by atoms with Crippen LogP contribution in [0.25, 0.3) is 0 Å². The zero-order valence-corrected chi connectivity index (χ0v) is 13.4. The lowest BCUT2D eigenvalue weighted by molar-refractivity contribution is -0.122. The van der Waals surface area contributed by atoms with Crippen molar-refractivity contribution in [2.45, 2.75) is 25.8 Å². The van der Waals surface area contributed by atoms with E-state index >= 15 is 0 Å². The number of aryl methyl sites for hydroxylation is 1. The summed E-state index contributed by atoms with van der Waals surface area (Å²) in [5, 5.41) is 9.40. The van der Waals surface area contributed by atoms with Gasteiger partial charge in [-0.25, -0.2) is 4.79 Å². The lowest BCUT2D eigenvalue weighted by atomic mass is 9.96. The molecule has 24 heavy (non-hydrogen) atoms. The maximum Gasteiger partial charge on any atom is 0.338 e. The van der Waals surface area contributed by atoms with Crippen molar-refractivity contribution in [2.75, 3.05) is 11.5 Å². The molecule has 1 aliphatic heterocycles. The summed E-state index contributed by atoms with van der Waals surface area (Å²) in [5.74, 6) is -0.894. The Labute approximate surface area is 140 Å². The predicted octanol–water partition coefficient (Wildman–Crippen LogP) is 2.92. The average Bonchev–Trinajstić information content (AvgIpc) is 2.59. The normalized spacial score (nSPS) is 16.4. The van der Waals surface area contributed by atoms with Crippen LogP contribution in [0, 0.1) is 0 Å². The van der Waals surface area contributed by atoms with Gasteiger partial charge in [-0.15, -0.1) is 0 Å². The summed E-state index contributed by atoms with van der Waals surface area (Å²) in [6.45, 7) is 1.66. The Balaban J connectivity index is 1.70. The molecule has 0 saturated heterocycles. The summed E-state index contributed by atoms with van der Waals surface area (Å²) in [6, 6.07) is 13.7. The highest BCUT2D eigenvalue weighted by Crippen LogP contribution is 2.30. The molecule has 1 N–H and O–H groups in total. The second-order valence-corrected chi connectivity index (χ2v) is 5.91. The second kappa shape index (κ2) is 6.74. The number of para-hydroxylation sites is 1. The molecule has 0 spiro atoms. The second-order valence-electron chi connectivity index (χ2n) is 5.91. The van der Waals surface area contributed by atoms with Crippen LogP contribution in [0.1, 0.15) is 29.3 Å². The fraction of sp³-hybridized carbons (Fsp3) is 0.263. The van der Waals surface area contributed by atoms with E-state index in [0.29, 0.717) is 0 Å². The molecule has 0 aliphatic carbocycles. The first kappa shape index (κ1) is 16.1. The summed E-state index contributed by atoms with van der Waals surface area (Å²) in [7, 11) is 0. The molecule has 1 atom stereocenters. The first-order valence-corrected chi connectivity index (χ1v) is 7.92. The number of rotatable bonds is 3. The van der Waals surface area contributed by atoms with Crippen molar-refractivity contribution in [1.82, 2.24) is 0 Å². The lowest BCUT2D eigenvalue weighted by Gasteiger charge is -2.35. The first-order chi connectivity index (χ1) is 11.6. The minimum atomic E-state index is -0.628. The van der Waals surface area contributed by atoms with E-state index in [2.05, 4.69) is 0 Å². The maximum atomic E-state index is 12.6. The molecular formula is C19H19NO4. The third-order valence-electron chi connectivity index (χ3n) is 4.20. The van der Waals surface area contributed by atoms with Gasteiger partial charge in [-0.2, -0.15) is 0 Å². The van der Waals surface area contributed by atoms with Crippen LogP contribution >= 0.6 is 0 Å². The van der Waals surface area contributed by atoms with Crippen LogP contribution in [0.15, 0.2) is 48.5 Å². The molecule has 5 heteroatoms. The van der Waals surface area contributed by atoms with Gasteiger partial charge >= 0.3 is 5.97 Å². The molecule has 0 bridgehead atoms. The molecule has 124 valence electrons. The molecule has 5 nitrogen and oxygen atoms in total. The Morgan fingerprint density at radius 2 is 2.00 bits per heavy atom. The minimum Gasteiger partial charge on any atom is -0.508 e. The van der Waals surface area contributed by atoms with Crippen LogP contribution < -0.4 is 4.90 Å². The SMILES string of the molecule is CC1CCc2ccccc2N1C(=O)COC(=O)c1cccc(O)c1. The average molecular weight is 325 g/mol. The number of hydrogen-bond acceptors (Lipinski definition) is 4. The maximum absolute atomic E-state index is 12.6. The van der Waals surface area contributed by atoms with Crippen LogP contribution in [0.2, 0.25) is 0 Å². The number of esters is 1. The van der Waals surface area contributed by atoms with Gasteiger partial charge in [-0.1, -0.05) is 24.3 Å². The number of amides is 1. The zero-order valence-electron chi connectivity index (χ0n) is 13.4. The number of carbonyl (C=O) groups is 2. The molecule has 2 aromatic carbocycles. The number of phenolic OH excluding ortho intramolecular Hbond substituents is 1. The van der Waals surface area contributed by atoms with Crippen molar-refractivity contribution >= 4 is 17.6 Å². The largest absolute Gasteiger partial charge is 0.508 e. The molecule has 0 fully saturated rings. The van der Waals surface area contributed by atoms with Gasteiger partial charge in [-0.05, 0) is 49.6 Å². The minimum absolute atomic E-state index is 0.0191. The number of fused-ring (bicyclic) bond motifs is 1. The number of hydrogen-bond donors (Lipinski definition) is 1. The highest BCUT2D eigenvalue weighted by atomic mass is 16.5. The van der Waals surface area contributed by atoms with Crippen LogP contribution in [0.3, 0.4) is 0 Å². The van der Waals surface area contributed by atoms with Crippen LogP contribution in [-0.4, -0.2) is 29.6 Å². The van der Waals surface area contributed by atoms with Gasteiger partial charge in [0.25, 0.3) is 5.91 Å². The first-order valence-electron chi connectivity index (χ1n) is 7.92. The third-order valence-corrected chi connectivity index (χ3v) is 4.20. The third kappa shape index (κ3) is 3.25. The molecule has 1 heterocycles. The van der Waals surface area contributed by atoms with E-state index in [9.17, 15) is 14.7 Å². The molecule has 0 saturated carbocycles. The smallest absolute Gasteiger partial charge is 0.338 e. The van der Waals surface area contributed by atoms with Crippen molar-refractivity contribution in [3.05, 3.63) is 59.7 Å². The number of nitrogens with zero attached hydrogens (tertiary/aromatic N) is 1. The van der Waals surface area contributed by atoms with E-state index in [0.717, 1.165) is 24.1 Å². The summed E-state index contributed by atoms with van der Waals surface area (Å²) in [4.78, 5) is 26.3. The Bertz CT molecular complexity index is 771. The lowest BCUT2D eigenvalue weighted by Crippen LogP contribution is -2.44. The van der Waals surface area contributed by atoms with E-state index in [1.807, 2.05) is 31.2 Å². The molecule has 3 rings (SSSR count). The van der Waals surface area contributed by atoms with Gasteiger partial charge < -0.3 is 14.7 Å². The number of phenols is 1. The van der Waals surface area contributed by atoms with Gasteiger partial charge in [0.1, 0.15) is 5.75 Å².